The molecule has 0 aliphatic carbocycles. The van der Waals surface area contributed by atoms with Crippen molar-refractivity contribution >= 4 is 5.97 Å². The van der Waals surface area contributed by atoms with Gasteiger partial charge in [-0.05, 0) is 49.7 Å². The predicted octanol–water partition coefficient (Wildman–Crippen LogP) is 4.25. The number of piperidine rings is 1. The number of carboxylic acids is 1. The van der Waals surface area contributed by atoms with Gasteiger partial charge in [0.05, 0.1) is 0 Å². The summed E-state index contributed by atoms with van der Waals surface area (Å²) in [5.74, 6) is -0.706. The Labute approximate surface area is 173 Å². The minimum absolute atomic E-state index is 0.221. The zero-order valence-corrected chi connectivity index (χ0v) is 17.0. The maximum Gasteiger partial charge on any atom is 0.303 e. The molecular formula is C25H32N2O2. The summed E-state index contributed by atoms with van der Waals surface area (Å²) in [5.41, 5.74) is 2.68. The Balaban J connectivity index is 1.37. The lowest BCUT2D eigenvalue weighted by Gasteiger charge is -2.40. The average molecular weight is 393 g/mol. The van der Waals surface area contributed by atoms with Gasteiger partial charge < -0.3 is 10.4 Å². The van der Waals surface area contributed by atoms with Crippen LogP contribution < -0.4 is 5.32 Å². The highest BCUT2D eigenvalue weighted by atomic mass is 16.4. The second-order valence-electron chi connectivity index (χ2n) is 8.70. The van der Waals surface area contributed by atoms with Crippen molar-refractivity contribution in [2.75, 3.05) is 0 Å². The van der Waals surface area contributed by atoms with Crippen LogP contribution in [0.1, 0.15) is 49.7 Å². The smallest absolute Gasteiger partial charge is 0.303 e. The van der Waals surface area contributed by atoms with E-state index >= 15 is 0 Å². The molecular weight excluding hydrogens is 360 g/mol. The predicted molar refractivity (Wildman–Crippen MR) is 116 cm³/mol. The third kappa shape index (κ3) is 5.46. The molecule has 0 aromatic heterocycles. The summed E-state index contributed by atoms with van der Waals surface area (Å²) < 4.78 is 0. The first-order chi connectivity index (χ1) is 14.2. The van der Waals surface area contributed by atoms with Crippen molar-refractivity contribution in [2.45, 2.75) is 75.7 Å². The molecule has 4 nitrogen and oxygen atoms in total. The number of fused-ring (bicyclic) bond motifs is 2. The van der Waals surface area contributed by atoms with E-state index in [0.717, 1.165) is 13.0 Å². The van der Waals surface area contributed by atoms with Gasteiger partial charge in [0.1, 0.15) is 0 Å². The van der Waals surface area contributed by atoms with Crippen molar-refractivity contribution in [3.8, 4) is 0 Å². The molecule has 2 fully saturated rings. The van der Waals surface area contributed by atoms with E-state index in [1.165, 1.54) is 36.8 Å². The molecule has 2 saturated heterocycles. The first kappa shape index (κ1) is 20.1. The van der Waals surface area contributed by atoms with E-state index < -0.39 is 5.97 Å². The van der Waals surface area contributed by atoms with Gasteiger partial charge in [-0.1, -0.05) is 60.7 Å². The summed E-state index contributed by atoms with van der Waals surface area (Å²) >= 11 is 0. The highest BCUT2D eigenvalue weighted by molar-refractivity contribution is 5.66. The van der Waals surface area contributed by atoms with Gasteiger partial charge in [-0.2, -0.15) is 0 Å². The third-order valence-corrected chi connectivity index (χ3v) is 6.60. The Kier molecular flexibility index (Phi) is 6.63. The van der Waals surface area contributed by atoms with Crippen LogP contribution in [0, 0.1) is 0 Å². The molecule has 0 saturated carbocycles. The van der Waals surface area contributed by atoms with Crippen LogP contribution in [-0.2, 0) is 17.8 Å². The van der Waals surface area contributed by atoms with Crippen molar-refractivity contribution in [1.82, 2.24) is 10.2 Å². The summed E-state index contributed by atoms with van der Waals surface area (Å²) in [6.07, 6.45) is 6.72. The molecule has 3 atom stereocenters. The number of carboxylic acid groups (broad SMARTS) is 1. The van der Waals surface area contributed by atoms with E-state index in [0.29, 0.717) is 24.5 Å². The maximum absolute atomic E-state index is 11.1. The summed E-state index contributed by atoms with van der Waals surface area (Å²) in [7, 11) is 0. The first-order valence-electron chi connectivity index (χ1n) is 11.0. The number of rotatable bonds is 9. The van der Waals surface area contributed by atoms with Gasteiger partial charge in [-0.3, -0.25) is 9.69 Å². The van der Waals surface area contributed by atoms with Crippen LogP contribution in [0.2, 0.25) is 0 Å². The molecule has 4 heteroatoms. The lowest BCUT2D eigenvalue weighted by atomic mass is 9.93. The lowest BCUT2D eigenvalue weighted by molar-refractivity contribution is -0.137. The second kappa shape index (κ2) is 9.55. The van der Waals surface area contributed by atoms with Gasteiger partial charge >= 0.3 is 5.97 Å². The molecule has 2 aliphatic heterocycles. The summed E-state index contributed by atoms with van der Waals surface area (Å²) in [6, 6.07) is 23.2. The third-order valence-electron chi connectivity index (χ3n) is 6.60. The van der Waals surface area contributed by atoms with E-state index in [2.05, 4.69) is 64.8 Å². The van der Waals surface area contributed by atoms with E-state index in [1.54, 1.807) is 0 Å². The van der Waals surface area contributed by atoms with Gasteiger partial charge in [-0.15, -0.1) is 0 Å². The molecule has 0 amide bonds. The molecule has 2 bridgehead atoms. The van der Waals surface area contributed by atoms with E-state index in [-0.39, 0.29) is 12.5 Å². The molecule has 2 heterocycles. The Morgan fingerprint density at radius 1 is 0.966 bits per heavy atom. The van der Waals surface area contributed by atoms with Crippen LogP contribution in [0.25, 0.3) is 0 Å². The number of nitrogens with zero attached hydrogens (tertiary/aromatic N) is 1. The van der Waals surface area contributed by atoms with Crippen LogP contribution in [0.3, 0.4) is 0 Å². The maximum atomic E-state index is 11.1. The number of carbonyl (C=O) groups is 1. The van der Waals surface area contributed by atoms with Gasteiger partial charge in [0.2, 0.25) is 0 Å². The van der Waals surface area contributed by atoms with Crippen molar-refractivity contribution in [1.29, 1.82) is 0 Å². The summed E-state index contributed by atoms with van der Waals surface area (Å²) in [6.45, 7) is 1.05. The largest absolute Gasteiger partial charge is 0.481 e. The Bertz CT molecular complexity index is 766. The van der Waals surface area contributed by atoms with E-state index in [9.17, 15) is 4.79 Å². The highest BCUT2D eigenvalue weighted by Gasteiger charge is 2.40. The quantitative estimate of drug-likeness (QED) is 0.670. The minimum atomic E-state index is -0.706. The topological polar surface area (TPSA) is 52.6 Å². The van der Waals surface area contributed by atoms with Gasteiger partial charge in [-0.25, -0.2) is 0 Å². The fraction of sp³-hybridized carbons (Fsp3) is 0.480. The van der Waals surface area contributed by atoms with Gasteiger partial charge in [0.15, 0.2) is 0 Å². The Hall–Kier alpha value is -2.17. The molecule has 0 radical (unpaired) electrons. The zero-order chi connectivity index (χ0) is 20.1. The molecule has 3 unspecified atom stereocenters. The fourth-order valence-electron chi connectivity index (χ4n) is 5.24. The monoisotopic (exact) mass is 392 g/mol. The standard InChI is InChI=1S/C25H32N2O2/c28-25(29)14-11-21(15-19-7-3-1-4-8-19)26-22-16-23-12-13-24(17-22)27(23)18-20-9-5-2-6-10-20/h1-10,21-24,26H,11-18H2,(H,28,29). The Morgan fingerprint density at radius 3 is 2.14 bits per heavy atom. The molecule has 2 aromatic carbocycles. The Morgan fingerprint density at radius 2 is 1.55 bits per heavy atom. The van der Waals surface area contributed by atoms with Crippen molar-refractivity contribution in [3.05, 3.63) is 71.8 Å². The molecule has 29 heavy (non-hydrogen) atoms. The van der Waals surface area contributed by atoms with Crippen molar-refractivity contribution in [3.63, 3.8) is 0 Å². The second-order valence-corrected chi connectivity index (χ2v) is 8.70. The van der Waals surface area contributed by atoms with E-state index in [1.807, 2.05) is 6.07 Å². The average Bonchev–Trinajstić information content (AvgIpc) is 2.96. The summed E-state index contributed by atoms with van der Waals surface area (Å²) in [4.78, 5) is 13.8. The normalized spacial score (nSPS) is 25.0. The van der Waals surface area contributed by atoms with E-state index in [4.69, 9.17) is 5.11 Å². The number of hydrogen-bond donors (Lipinski definition) is 2. The van der Waals surface area contributed by atoms with Gasteiger partial charge in [0.25, 0.3) is 0 Å². The van der Waals surface area contributed by atoms with Crippen LogP contribution in [0.5, 0.6) is 0 Å². The SMILES string of the molecule is O=C(O)CCC(Cc1ccccc1)NC1CC2CCC(C1)N2Cc1ccccc1. The molecule has 0 spiro atoms. The molecule has 154 valence electrons. The number of hydrogen-bond acceptors (Lipinski definition) is 3. The fourth-order valence-corrected chi connectivity index (χ4v) is 5.24. The molecule has 2 aromatic rings. The number of benzene rings is 2. The van der Waals surface area contributed by atoms with Crippen molar-refractivity contribution in [2.24, 2.45) is 0 Å². The lowest BCUT2D eigenvalue weighted by Crippen LogP contribution is -2.51. The highest BCUT2D eigenvalue weighted by Crippen LogP contribution is 2.37. The zero-order valence-electron chi connectivity index (χ0n) is 17.0. The number of nitrogens with one attached hydrogen (secondary N) is 1. The molecule has 2 N–H and O–H groups in total. The van der Waals surface area contributed by atoms with Crippen LogP contribution >= 0.6 is 0 Å². The van der Waals surface area contributed by atoms with Gasteiger partial charge in [0, 0.05) is 37.1 Å². The summed E-state index contributed by atoms with van der Waals surface area (Å²) in [5, 5.41) is 13.0. The van der Waals surface area contributed by atoms with Crippen LogP contribution in [0.4, 0.5) is 0 Å². The number of aliphatic carboxylic acids is 1. The van der Waals surface area contributed by atoms with Crippen LogP contribution in [-0.4, -0.2) is 40.1 Å². The van der Waals surface area contributed by atoms with Crippen molar-refractivity contribution < 1.29 is 9.90 Å². The molecule has 2 aliphatic rings. The first-order valence-corrected chi connectivity index (χ1v) is 11.0. The van der Waals surface area contributed by atoms with Crippen LogP contribution in [0.15, 0.2) is 60.7 Å². The molecule has 4 rings (SSSR count). The minimum Gasteiger partial charge on any atom is -0.481 e.